The number of benzene rings is 3. The fraction of sp³-hybridized carbons (Fsp3) is 0.241. The average Bonchev–Trinajstić information content (AvgIpc) is 3.21. The van der Waals surface area contributed by atoms with Crippen LogP contribution in [0.4, 0.5) is 5.69 Å². The predicted molar refractivity (Wildman–Crippen MR) is 140 cm³/mol. The second-order valence-electron chi connectivity index (χ2n) is 8.35. The minimum Gasteiger partial charge on any atom is -0.507 e. The lowest BCUT2D eigenvalue weighted by Crippen LogP contribution is -2.29. The number of carbonyl (C=O) groups excluding carboxylic acids is 2. The highest BCUT2D eigenvalue weighted by Gasteiger charge is 2.47. The van der Waals surface area contributed by atoms with Crippen LogP contribution in [0, 0.1) is 0 Å². The third-order valence-electron chi connectivity index (χ3n) is 6.13. The molecular formula is C29H29NO7. The Bertz CT molecular complexity index is 1310. The van der Waals surface area contributed by atoms with Crippen molar-refractivity contribution in [2.45, 2.75) is 19.4 Å². The molecule has 1 aliphatic rings. The molecule has 8 nitrogen and oxygen atoms in total. The highest BCUT2D eigenvalue weighted by molar-refractivity contribution is 6.51. The number of rotatable bonds is 9. The maximum Gasteiger partial charge on any atom is 0.300 e. The first kappa shape index (κ1) is 25.6. The van der Waals surface area contributed by atoms with Gasteiger partial charge in [0.05, 0.1) is 45.1 Å². The van der Waals surface area contributed by atoms with Gasteiger partial charge in [-0.15, -0.1) is 0 Å². The van der Waals surface area contributed by atoms with Crippen molar-refractivity contribution in [3.8, 4) is 23.0 Å². The first-order valence-electron chi connectivity index (χ1n) is 11.8. The Morgan fingerprint density at radius 1 is 0.838 bits per heavy atom. The van der Waals surface area contributed by atoms with Crippen LogP contribution in [-0.4, -0.2) is 44.7 Å². The van der Waals surface area contributed by atoms with E-state index in [-0.39, 0.29) is 16.9 Å². The number of methoxy groups -OCH3 is 3. The minimum atomic E-state index is -0.888. The smallest absolute Gasteiger partial charge is 0.300 e. The number of amides is 1. The van der Waals surface area contributed by atoms with Crippen LogP contribution in [0.1, 0.15) is 30.5 Å². The molecule has 1 saturated heterocycles. The van der Waals surface area contributed by atoms with Crippen LogP contribution in [0.2, 0.25) is 0 Å². The fourth-order valence-corrected chi connectivity index (χ4v) is 4.26. The Labute approximate surface area is 215 Å². The number of hydrogen-bond donors (Lipinski definition) is 1. The Kier molecular flexibility index (Phi) is 7.67. The highest BCUT2D eigenvalue weighted by atomic mass is 16.5. The molecule has 37 heavy (non-hydrogen) atoms. The summed E-state index contributed by atoms with van der Waals surface area (Å²) in [5, 5.41) is 11.4. The Balaban J connectivity index is 1.89. The zero-order valence-electron chi connectivity index (χ0n) is 21.2. The van der Waals surface area contributed by atoms with Gasteiger partial charge in [0.15, 0.2) is 0 Å². The number of aliphatic hydroxyl groups is 1. The normalized spacial score (nSPS) is 16.5. The third-order valence-corrected chi connectivity index (χ3v) is 6.13. The number of anilines is 1. The number of Topliss-reactive ketones (excluding diaryl/α,β-unsaturated/α-hetero) is 1. The van der Waals surface area contributed by atoms with Gasteiger partial charge in [0.1, 0.15) is 28.8 Å². The number of hydrogen-bond acceptors (Lipinski definition) is 7. The maximum atomic E-state index is 13.4. The van der Waals surface area contributed by atoms with Gasteiger partial charge in [0.25, 0.3) is 11.7 Å². The Hall–Kier alpha value is -4.46. The van der Waals surface area contributed by atoms with Crippen molar-refractivity contribution in [2.24, 2.45) is 0 Å². The molecule has 3 aromatic carbocycles. The summed E-state index contributed by atoms with van der Waals surface area (Å²) < 4.78 is 21.6. The fourth-order valence-electron chi connectivity index (χ4n) is 4.26. The summed E-state index contributed by atoms with van der Waals surface area (Å²) in [6.45, 7) is 2.59. The molecule has 1 aliphatic heterocycles. The van der Waals surface area contributed by atoms with Gasteiger partial charge >= 0.3 is 0 Å². The molecule has 0 spiro atoms. The van der Waals surface area contributed by atoms with Crippen molar-refractivity contribution in [1.29, 1.82) is 0 Å². The van der Waals surface area contributed by atoms with Crippen LogP contribution >= 0.6 is 0 Å². The Morgan fingerprint density at radius 3 is 2.05 bits per heavy atom. The van der Waals surface area contributed by atoms with Gasteiger partial charge in [-0.1, -0.05) is 19.1 Å². The zero-order chi connectivity index (χ0) is 26.5. The van der Waals surface area contributed by atoms with E-state index in [2.05, 4.69) is 0 Å². The number of nitrogens with zero attached hydrogens (tertiary/aromatic N) is 1. The third kappa shape index (κ3) is 4.95. The van der Waals surface area contributed by atoms with Crippen molar-refractivity contribution in [3.05, 3.63) is 83.4 Å². The van der Waals surface area contributed by atoms with Crippen molar-refractivity contribution >= 4 is 23.1 Å². The van der Waals surface area contributed by atoms with Crippen LogP contribution in [0.5, 0.6) is 23.0 Å². The van der Waals surface area contributed by atoms with Crippen molar-refractivity contribution in [3.63, 3.8) is 0 Å². The van der Waals surface area contributed by atoms with E-state index in [0.717, 1.165) is 6.42 Å². The standard InChI is InChI=1S/C29H29NO7/c1-5-16-37-21-10-6-18(7-11-21)26-25(27(31)23-15-14-22(35-3)17-24(23)36-4)28(32)29(33)30(26)19-8-12-20(34-2)13-9-19/h6-15,17,26,31H,5,16H2,1-4H3/b27-25-. The van der Waals surface area contributed by atoms with Crippen molar-refractivity contribution in [1.82, 2.24) is 0 Å². The molecule has 1 fully saturated rings. The van der Waals surface area contributed by atoms with Crippen LogP contribution in [0.25, 0.3) is 5.76 Å². The first-order valence-corrected chi connectivity index (χ1v) is 11.8. The Morgan fingerprint density at radius 2 is 1.46 bits per heavy atom. The van der Waals surface area contributed by atoms with Gasteiger partial charge in [0.2, 0.25) is 0 Å². The minimum absolute atomic E-state index is 0.0495. The lowest BCUT2D eigenvalue weighted by molar-refractivity contribution is -0.132. The highest BCUT2D eigenvalue weighted by Crippen LogP contribution is 2.44. The molecule has 3 aromatic rings. The second kappa shape index (κ2) is 11.1. The van der Waals surface area contributed by atoms with Crippen LogP contribution in [0.3, 0.4) is 0 Å². The van der Waals surface area contributed by atoms with E-state index in [9.17, 15) is 14.7 Å². The summed E-state index contributed by atoms with van der Waals surface area (Å²) in [5.74, 6) is 0.199. The van der Waals surface area contributed by atoms with Gasteiger partial charge < -0.3 is 24.1 Å². The zero-order valence-corrected chi connectivity index (χ0v) is 21.2. The van der Waals surface area contributed by atoms with E-state index in [1.165, 1.54) is 19.1 Å². The molecule has 1 unspecified atom stereocenters. The molecule has 192 valence electrons. The molecule has 0 aromatic heterocycles. The summed E-state index contributed by atoms with van der Waals surface area (Å²) in [4.78, 5) is 28.2. The van der Waals surface area contributed by atoms with E-state index in [1.54, 1.807) is 73.8 Å². The van der Waals surface area contributed by atoms with Gasteiger partial charge in [-0.3, -0.25) is 14.5 Å². The van der Waals surface area contributed by atoms with Gasteiger partial charge in [-0.2, -0.15) is 0 Å². The molecule has 0 bridgehead atoms. The number of aliphatic hydroxyl groups excluding tert-OH is 1. The van der Waals surface area contributed by atoms with E-state index < -0.39 is 17.7 Å². The molecule has 1 amide bonds. The number of carbonyl (C=O) groups is 2. The van der Waals surface area contributed by atoms with E-state index in [0.29, 0.717) is 40.9 Å². The van der Waals surface area contributed by atoms with Crippen molar-refractivity contribution < 1.29 is 33.6 Å². The lowest BCUT2D eigenvalue weighted by atomic mass is 9.94. The van der Waals surface area contributed by atoms with Crippen LogP contribution in [0.15, 0.2) is 72.3 Å². The molecule has 4 rings (SSSR count). The van der Waals surface area contributed by atoms with Crippen molar-refractivity contribution in [2.75, 3.05) is 32.8 Å². The number of ether oxygens (including phenoxy) is 4. The van der Waals surface area contributed by atoms with Crippen LogP contribution < -0.4 is 23.8 Å². The second-order valence-corrected chi connectivity index (χ2v) is 8.35. The number of ketones is 1. The SMILES string of the molecule is CCCOc1ccc(C2/C(=C(/O)c3ccc(OC)cc3OC)C(=O)C(=O)N2c2ccc(OC)cc2)cc1. The van der Waals surface area contributed by atoms with E-state index in [1.807, 2.05) is 6.92 Å². The predicted octanol–water partition coefficient (Wildman–Crippen LogP) is 5.13. The topological polar surface area (TPSA) is 94.5 Å². The monoisotopic (exact) mass is 503 g/mol. The molecule has 1 heterocycles. The van der Waals surface area contributed by atoms with Crippen LogP contribution in [-0.2, 0) is 9.59 Å². The largest absolute Gasteiger partial charge is 0.507 e. The van der Waals surface area contributed by atoms with E-state index >= 15 is 0 Å². The van der Waals surface area contributed by atoms with Gasteiger partial charge in [-0.05, 0) is 60.5 Å². The molecule has 1 N–H and O–H groups in total. The molecule has 8 heteroatoms. The van der Waals surface area contributed by atoms with E-state index in [4.69, 9.17) is 18.9 Å². The lowest BCUT2D eigenvalue weighted by Gasteiger charge is -2.26. The van der Waals surface area contributed by atoms with Gasteiger partial charge in [0, 0.05) is 11.8 Å². The first-order chi connectivity index (χ1) is 17.9. The summed E-state index contributed by atoms with van der Waals surface area (Å²) in [6.07, 6.45) is 0.864. The average molecular weight is 504 g/mol. The molecule has 0 aliphatic carbocycles. The summed E-state index contributed by atoms with van der Waals surface area (Å²) in [7, 11) is 4.52. The molecular weight excluding hydrogens is 474 g/mol. The molecule has 0 saturated carbocycles. The quantitative estimate of drug-likeness (QED) is 0.246. The summed E-state index contributed by atoms with van der Waals surface area (Å²) in [6, 6.07) is 17.9. The molecule has 1 atom stereocenters. The maximum absolute atomic E-state index is 13.4. The molecule has 0 radical (unpaired) electrons. The summed E-state index contributed by atoms with van der Waals surface area (Å²) in [5.41, 5.74) is 1.34. The van der Waals surface area contributed by atoms with Gasteiger partial charge in [-0.25, -0.2) is 0 Å². The summed E-state index contributed by atoms with van der Waals surface area (Å²) >= 11 is 0.